The summed E-state index contributed by atoms with van der Waals surface area (Å²) in [6, 6.07) is 12.0. The van der Waals surface area contributed by atoms with Crippen molar-refractivity contribution < 1.29 is 17.6 Å². The lowest BCUT2D eigenvalue weighted by atomic mass is 9.97. The number of sulfonamides is 1. The SMILES string of the molecule is CC(=O)Nc1ccc(S(=O)(=O)N2CCC(c3nc4c(nnn4Cc4ccc(F)cc4)c(=O)[nH]3)CC2)cc1. The smallest absolute Gasteiger partial charge is 0.281 e. The lowest BCUT2D eigenvalue weighted by molar-refractivity contribution is -0.114. The Bertz CT molecular complexity index is 1610. The van der Waals surface area contributed by atoms with Gasteiger partial charge in [-0.25, -0.2) is 22.5 Å². The average molecular weight is 526 g/mol. The van der Waals surface area contributed by atoms with E-state index >= 15 is 0 Å². The van der Waals surface area contributed by atoms with Gasteiger partial charge in [-0.1, -0.05) is 17.3 Å². The van der Waals surface area contributed by atoms with Gasteiger partial charge in [0.1, 0.15) is 11.6 Å². The number of piperidine rings is 1. The van der Waals surface area contributed by atoms with Crippen molar-refractivity contribution in [3.05, 3.63) is 76.1 Å². The van der Waals surface area contributed by atoms with Crippen LogP contribution in [0.5, 0.6) is 0 Å². The minimum Gasteiger partial charge on any atom is -0.326 e. The minimum absolute atomic E-state index is 0.105. The summed E-state index contributed by atoms with van der Waals surface area (Å²) in [5.74, 6) is -0.284. The number of hydrogen-bond donors (Lipinski definition) is 2. The zero-order valence-corrected chi connectivity index (χ0v) is 20.7. The second-order valence-corrected chi connectivity index (χ2v) is 10.8. The number of aromatic amines is 1. The summed E-state index contributed by atoms with van der Waals surface area (Å²) in [4.78, 5) is 31.4. The summed E-state index contributed by atoms with van der Waals surface area (Å²) in [5, 5.41) is 10.6. The van der Waals surface area contributed by atoms with Crippen LogP contribution in [0, 0.1) is 5.82 Å². The highest BCUT2D eigenvalue weighted by Crippen LogP contribution is 2.29. The van der Waals surface area contributed by atoms with Crippen LogP contribution in [0.4, 0.5) is 10.1 Å². The molecule has 1 fully saturated rings. The Morgan fingerprint density at radius 3 is 2.43 bits per heavy atom. The van der Waals surface area contributed by atoms with E-state index in [4.69, 9.17) is 0 Å². The number of amides is 1. The molecule has 11 nitrogen and oxygen atoms in total. The standard InChI is InChI=1S/C24H24FN7O4S/c1-15(33)26-19-6-8-20(9-7-19)37(35,36)31-12-10-17(11-13-31)22-27-23-21(24(34)28-22)29-30-32(23)14-16-2-4-18(25)5-3-16/h2-9,17H,10-14H2,1H3,(H,26,33)(H,27,28,34). The van der Waals surface area contributed by atoms with Crippen molar-refractivity contribution in [2.24, 2.45) is 0 Å². The number of rotatable bonds is 6. The third-order valence-electron chi connectivity index (χ3n) is 6.29. The fraction of sp³-hybridized carbons (Fsp3) is 0.292. The number of H-pyrrole nitrogens is 1. The van der Waals surface area contributed by atoms with E-state index in [1.54, 1.807) is 24.3 Å². The first-order valence-electron chi connectivity index (χ1n) is 11.7. The Hall–Kier alpha value is -3.97. The second kappa shape index (κ2) is 9.82. The molecule has 3 heterocycles. The van der Waals surface area contributed by atoms with E-state index in [1.165, 1.54) is 40.2 Å². The molecule has 0 saturated carbocycles. The number of carbonyl (C=O) groups is 1. The molecule has 1 amide bonds. The third-order valence-corrected chi connectivity index (χ3v) is 8.20. The van der Waals surface area contributed by atoms with Crippen molar-refractivity contribution in [1.82, 2.24) is 29.3 Å². The Kier molecular flexibility index (Phi) is 6.56. The summed E-state index contributed by atoms with van der Waals surface area (Å²) in [6.07, 6.45) is 0.939. The highest BCUT2D eigenvalue weighted by atomic mass is 32.2. The van der Waals surface area contributed by atoms with Crippen LogP contribution in [-0.2, 0) is 21.4 Å². The lowest BCUT2D eigenvalue weighted by Crippen LogP contribution is -2.38. The number of anilines is 1. The normalized spacial score (nSPS) is 15.2. The Morgan fingerprint density at radius 1 is 1.11 bits per heavy atom. The summed E-state index contributed by atoms with van der Waals surface area (Å²) in [6.45, 7) is 2.17. The maximum absolute atomic E-state index is 13.2. The van der Waals surface area contributed by atoms with Gasteiger partial charge in [0, 0.05) is 31.6 Å². The zero-order chi connectivity index (χ0) is 26.2. The summed E-state index contributed by atoms with van der Waals surface area (Å²) in [7, 11) is -3.71. The van der Waals surface area contributed by atoms with E-state index in [0.717, 1.165) is 5.56 Å². The summed E-state index contributed by atoms with van der Waals surface area (Å²) >= 11 is 0. The van der Waals surface area contributed by atoms with Crippen molar-refractivity contribution >= 4 is 32.8 Å². The van der Waals surface area contributed by atoms with Crippen molar-refractivity contribution in [3.8, 4) is 0 Å². The van der Waals surface area contributed by atoms with Crippen LogP contribution in [0.3, 0.4) is 0 Å². The number of nitrogens with one attached hydrogen (secondary N) is 2. The van der Waals surface area contributed by atoms with E-state index in [2.05, 4.69) is 25.6 Å². The minimum atomic E-state index is -3.71. The molecule has 1 saturated heterocycles. The maximum Gasteiger partial charge on any atom is 0.281 e. The average Bonchev–Trinajstić information content (AvgIpc) is 3.28. The van der Waals surface area contributed by atoms with Gasteiger partial charge in [-0.15, -0.1) is 5.10 Å². The first kappa shape index (κ1) is 24.7. The van der Waals surface area contributed by atoms with Crippen molar-refractivity contribution in [2.75, 3.05) is 18.4 Å². The molecule has 1 aliphatic heterocycles. The molecule has 0 unspecified atom stereocenters. The van der Waals surface area contributed by atoms with Gasteiger partial charge in [0.05, 0.1) is 11.4 Å². The number of fused-ring (bicyclic) bond motifs is 1. The molecule has 0 atom stereocenters. The van der Waals surface area contributed by atoms with E-state index < -0.39 is 15.6 Å². The van der Waals surface area contributed by atoms with Crippen molar-refractivity contribution in [1.29, 1.82) is 0 Å². The van der Waals surface area contributed by atoms with Crippen LogP contribution < -0.4 is 10.9 Å². The van der Waals surface area contributed by atoms with Gasteiger partial charge >= 0.3 is 0 Å². The number of hydrogen-bond acceptors (Lipinski definition) is 7. The van der Waals surface area contributed by atoms with E-state index in [9.17, 15) is 22.4 Å². The molecule has 0 radical (unpaired) electrons. The van der Waals surface area contributed by atoms with Crippen LogP contribution in [0.1, 0.15) is 37.1 Å². The molecule has 2 aromatic heterocycles. The highest BCUT2D eigenvalue weighted by Gasteiger charge is 2.31. The molecule has 4 aromatic rings. The molecular formula is C24H24FN7O4S. The molecule has 37 heavy (non-hydrogen) atoms. The van der Waals surface area contributed by atoms with Crippen molar-refractivity contribution in [2.45, 2.75) is 37.1 Å². The van der Waals surface area contributed by atoms with Crippen LogP contribution >= 0.6 is 0 Å². The molecule has 2 N–H and O–H groups in total. The van der Waals surface area contributed by atoms with Crippen molar-refractivity contribution in [3.63, 3.8) is 0 Å². The number of benzene rings is 2. The molecule has 192 valence electrons. The predicted octanol–water partition coefficient (Wildman–Crippen LogP) is 2.23. The van der Waals surface area contributed by atoms with Gasteiger partial charge in [-0.2, -0.15) is 4.31 Å². The molecule has 2 aromatic carbocycles. The number of halogens is 1. The van der Waals surface area contributed by atoms with E-state index in [-0.39, 0.29) is 47.7 Å². The molecule has 0 bridgehead atoms. The Morgan fingerprint density at radius 2 is 1.78 bits per heavy atom. The molecule has 0 aliphatic carbocycles. The predicted molar refractivity (Wildman–Crippen MR) is 133 cm³/mol. The number of nitrogens with zero attached hydrogens (tertiary/aromatic N) is 5. The number of aromatic nitrogens is 5. The largest absolute Gasteiger partial charge is 0.326 e. The van der Waals surface area contributed by atoms with Crippen LogP contribution in [0.15, 0.2) is 58.2 Å². The first-order valence-corrected chi connectivity index (χ1v) is 13.1. The fourth-order valence-corrected chi connectivity index (χ4v) is 5.85. The maximum atomic E-state index is 13.2. The topological polar surface area (TPSA) is 143 Å². The number of carbonyl (C=O) groups excluding carboxylic acids is 1. The summed E-state index contributed by atoms with van der Waals surface area (Å²) in [5.41, 5.74) is 1.30. The third kappa shape index (κ3) is 5.13. The lowest BCUT2D eigenvalue weighted by Gasteiger charge is -2.30. The van der Waals surface area contributed by atoms with E-state index in [1.807, 2.05) is 0 Å². The molecule has 5 rings (SSSR count). The van der Waals surface area contributed by atoms with Crippen LogP contribution in [-0.4, -0.2) is 56.7 Å². The van der Waals surface area contributed by atoms with Gasteiger partial charge in [0.2, 0.25) is 15.9 Å². The monoisotopic (exact) mass is 525 g/mol. The first-order chi connectivity index (χ1) is 17.7. The molecule has 1 aliphatic rings. The zero-order valence-electron chi connectivity index (χ0n) is 19.9. The highest BCUT2D eigenvalue weighted by molar-refractivity contribution is 7.89. The van der Waals surface area contributed by atoms with E-state index in [0.29, 0.717) is 30.0 Å². The quantitative estimate of drug-likeness (QED) is 0.393. The molecular weight excluding hydrogens is 501 g/mol. The van der Waals surface area contributed by atoms with Gasteiger partial charge < -0.3 is 10.3 Å². The second-order valence-electron chi connectivity index (χ2n) is 8.88. The molecule has 0 spiro atoms. The van der Waals surface area contributed by atoms with Gasteiger partial charge in [-0.3, -0.25) is 9.59 Å². The Labute approximate surface area is 211 Å². The Balaban J connectivity index is 1.32. The van der Waals surface area contributed by atoms with Crippen LogP contribution in [0.25, 0.3) is 11.2 Å². The van der Waals surface area contributed by atoms with Crippen LogP contribution in [0.2, 0.25) is 0 Å². The van der Waals surface area contributed by atoms with Gasteiger partial charge in [0.25, 0.3) is 5.56 Å². The molecule has 13 heteroatoms. The summed E-state index contributed by atoms with van der Waals surface area (Å²) < 4.78 is 42.4. The van der Waals surface area contributed by atoms with Gasteiger partial charge in [-0.05, 0) is 54.8 Å². The van der Waals surface area contributed by atoms with Gasteiger partial charge in [0.15, 0.2) is 11.2 Å². The fourth-order valence-electron chi connectivity index (χ4n) is 4.38.